The lowest BCUT2D eigenvalue weighted by Gasteiger charge is -2.36. The maximum absolute atomic E-state index is 14.0. The number of nitrogens with one attached hydrogen (secondary N) is 1. The summed E-state index contributed by atoms with van der Waals surface area (Å²) in [4.78, 5) is 8.77. The number of piperazine rings is 1. The van der Waals surface area contributed by atoms with Crippen LogP contribution in [-0.4, -0.2) is 41.4 Å². The summed E-state index contributed by atoms with van der Waals surface area (Å²) in [5, 5.41) is 11.7. The number of anilines is 3. The van der Waals surface area contributed by atoms with Crippen LogP contribution in [0.15, 0.2) is 60.8 Å². The third-order valence-corrected chi connectivity index (χ3v) is 4.97. The number of hydrogen-bond acceptors (Lipinski definition) is 6. The fourth-order valence-corrected chi connectivity index (χ4v) is 3.40. The first-order chi connectivity index (χ1) is 13.7. The van der Waals surface area contributed by atoms with Crippen LogP contribution >= 0.6 is 0 Å². The molecule has 0 radical (unpaired) electrons. The quantitative estimate of drug-likeness (QED) is 0.733. The number of halogens is 1. The molecule has 7 heteroatoms. The van der Waals surface area contributed by atoms with Crippen molar-refractivity contribution in [3.8, 4) is 0 Å². The molecule has 1 aliphatic rings. The fourth-order valence-electron chi connectivity index (χ4n) is 3.40. The Morgan fingerprint density at radius 3 is 2.36 bits per heavy atom. The standard InChI is InChI=1S/C21H23FN6/c1-16(17-7-3-2-4-8-17)24-20-15-23-26-21(25-20)28-13-11-27(12-14-28)19-10-6-5-9-18(19)22/h2-10,15-16H,11-14H2,1H3,(H,24,25,26). The van der Waals surface area contributed by atoms with Crippen molar-refractivity contribution in [2.24, 2.45) is 0 Å². The Hall–Kier alpha value is -3.22. The second-order valence-corrected chi connectivity index (χ2v) is 6.84. The van der Waals surface area contributed by atoms with Gasteiger partial charge in [0, 0.05) is 32.2 Å². The number of rotatable bonds is 5. The molecule has 144 valence electrons. The van der Waals surface area contributed by atoms with Gasteiger partial charge in [-0.3, -0.25) is 0 Å². The molecule has 6 nitrogen and oxygen atoms in total. The molecule has 3 aromatic rings. The zero-order valence-corrected chi connectivity index (χ0v) is 15.8. The minimum Gasteiger partial charge on any atom is -0.366 e. The first-order valence-electron chi connectivity index (χ1n) is 9.46. The van der Waals surface area contributed by atoms with Gasteiger partial charge in [-0.1, -0.05) is 42.5 Å². The van der Waals surface area contributed by atoms with Gasteiger partial charge in [0.25, 0.3) is 0 Å². The molecule has 1 saturated heterocycles. The van der Waals surface area contributed by atoms with Crippen molar-refractivity contribution in [3.63, 3.8) is 0 Å². The van der Waals surface area contributed by atoms with Crippen LogP contribution in [0.2, 0.25) is 0 Å². The van der Waals surface area contributed by atoms with Crippen LogP contribution in [0.3, 0.4) is 0 Å². The SMILES string of the molecule is CC(Nc1cnnc(N2CCN(c3ccccc3F)CC2)n1)c1ccccc1. The minimum atomic E-state index is -0.185. The molecule has 1 unspecified atom stereocenters. The van der Waals surface area contributed by atoms with E-state index in [1.54, 1.807) is 12.3 Å². The molecule has 4 rings (SSSR count). The third kappa shape index (κ3) is 4.03. The molecule has 2 heterocycles. The van der Waals surface area contributed by atoms with Gasteiger partial charge in [-0.25, -0.2) is 4.39 Å². The van der Waals surface area contributed by atoms with E-state index < -0.39 is 0 Å². The van der Waals surface area contributed by atoms with E-state index in [0.717, 1.165) is 0 Å². The van der Waals surface area contributed by atoms with Crippen molar-refractivity contribution in [2.75, 3.05) is 41.3 Å². The van der Waals surface area contributed by atoms with Gasteiger partial charge in [-0.05, 0) is 24.6 Å². The molecule has 2 aromatic carbocycles. The van der Waals surface area contributed by atoms with Gasteiger partial charge < -0.3 is 15.1 Å². The summed E-state index contributed by atoms with van der Waals surface area (Å²) in [6.07, 6.45) is 1.64. The molecule has 0 amide bonds. The summed E-state index contributed by atoms with van der Waals surface area (Å²) in [7, 11) is 0. The lowest BCUT2D eigenvalue weighted by molar-refractivity contribution is 0.592. The summed E-state index contributed by atoms with van der Waals surface area (Å²) in [6.45, 7) is 4.94. The predicted octanol–water partition coefficient (Wildman–Crippen LogP) is 3.51. The monoisotopic (exact) mass is 378 g/mol. The average Bonchev–Trinajstić information content (AvgIpc) is 2.75. The summed E-state index contributed by atoms with van der Waals surface area (Å²) in [6, 6.07) is 17.2. The topological polar surface area (TPSA) is 57.2 Å². The molecule has 0 spiro atoms. The lowest BCUT2D eigenvalue weighted by Crippen LogP contribution is -2.47. The van der Waals surface area contributed by atoms with Crippen LogP contribution in [0.25, 0.3) is 0 Å². The Balaban J connectivity index is 1.41. The van der Waals surface area contributed by atoms with E-state index in [1.807, 2.05) is 30.3 Å². The van der Waals surface area contributed by atoms with Gasteiger partial charge >= 0.3 is 0 Å². The molecule has 1 atom stereocenters. The fraction of sp³-hybridized carbons (Fsp3) is 0.286. The van der Waals surface area contributed by atoms with Crippen molar-refractivity contribution < 1.29 is 4.39 Å². The minimum absolute atomic E-state index is 0.114. The van der Waals surface area contributed by atoms with Gasteiger partial charge in [0.1, 0.15) is 5.82 Å². The Kier molecular flexibility index (Phi) is 5.32. The van der Waals surface area contributed by atoms with Crippen molar-refractivity contribution in [1.29, 1.82) is 0 Å². The van der Waals surface area contributed by atoms with Gasteiger partial charge in [-0.15, -0.1) is 5.10 Å². The van der Waals surface area contributed by atoms with Crippen LogP contribution in [0, 0.1) is 5.82 Å². The number of aromatic nitrogens is 3. The van der Waals surface area contributed by atoms with Crippen molar-refractivity contribution in [2.45, 2.75) is 13.0 Å². The smallest absolute Gasteiger partial charge is 0.247 e. The zero-order chi connectivity index (χ0) is 19.3. The van der Waals surface area contributed by atoms with Gasteiger partial charge in [0.2, 0.25) is 5.95 Å². The Bertz CT molecular complexity index is 912. The molecular weight excluding hydrogens is 355 g/mol. The predicted molar refractivity (Wildman–Crippen MR) is 109 cm³/mol. The summed E-state index contributed by atoms with van der Waals surface area (Å²) in [5.74, 6) is 1.10. The molecule has 1 aliphatic heterocycles. The van der Waals surface area contributed by atoms with Crippen molar-refractivity contribution in [3.05, 3.63) is 72.2 Å². The first kappa shape index (κ1) is 18.2. The van der Waals surface area contributed by atoms with Gasteiger partial charge in [0.05, 0.1) is 11.9 Å². The lowest BCUT2D eigenvalue weighted by atomic mass is 10.1. The normalized spacial score (nSPS) is 15.4. The van der Waals surface area contributed by atoms with E-state index in [1.165, 1.54) is 11.6 Å². The highest BCUT2D eigenvalue weighted by Crippen LogP contribution is 2.22. The number of nitrogens with zero attached hydrogens (tertiary/aromatic N) is 5. The van der Waals surface area contributed by atoms with Crippen LogP contribution in [0.4, 0.5) is 21.8 Å². The largest absolute Gasteiger partial charge is 0.366 e. The molecule has 1 N–H and O–H groups in total. The van der Waals surface area contributed by atoms with Crippen molar-refractivity contribution >= 4 is 17.5 Å². The molecule has 1 fully saturated rings. The Labute approximate surface area is 164 Å². The summed E-state index contributed by atoms with van der Waals surface area (Å²) in [5.41, 5.74) is 1.83. The third-order valence-electron chi connectivity index (χ3n) is 4.97. The highest BCUT2D eigenvalue weighted by atomic mass is 19.1. The molecule has 28 heavy (non-hydrogen) atoms. The Morgan fingerprint density at radius 2 is 1.61 bits per heavy atom. The number of benzene rings is 2. The molecule has 1 aromatic heterocycles. The summed E-state index contributed by atoms with van der Waals surface area (Å²) >= 11 is 0. The van der Waals surface area contributed by atoms with E-state index in [0.29, 0.717) is 43.6 Å². The van der Waals surface area contributed by atoms with Crippen LogP contribution in [-0.2, 0) is 0 Å². The highest BCUT2D eigenvalue weighted by Gasteiger charge is 2.21. The first-order valence-corrected chi connectivity index (χ1v) is 9.46. The van der Waals surface area contributed by atoms with Crippen LogP contribution in [0.1, 0.15) is 18.5 Å². The molecule has 0 bridgehead atoms. The molecule has 0 aliphatic carbocycles. The average molecular weight is 378 g/mol. The van der Waals surface area contributed by atoms with Crippen LogP contribution < -0.4 is 15.1 Å². The van der Waals surface area contributed by atoms with E-state index >= 15 is 0 Å². The van der Waals surface area contributed by atoms with Crippen molar-refractivity contribution in [1.82, 2.24) is 15.2 Å². The summed E-state index contributed by atoms with van der Waals surface area (Å²) < 4.78 is 14.0. The van der Waals surface area contributed by atoms with Gasteiger partial charge in [-0.2, -0.15) is 10.1 Å². The molecule has 0 saturated carbocycles. The Morgan fingerprint density at radius 1 is 0.929 bits per heavy atom. The number of para-hydroxylation sites is 1. The number of hydrogen-bond donors (Lipinski definition) is 1. The van der Waals surface area contributed by atoms with E-state index in [4.69, 9.17) is 0 Å². The maximum Gasteiger partial charge on any atom is 0.247 e. The van der Waals surface area contributed by atoms with E-state index in [2.05, 4.69) is 49.4 Å². The zero-order valence-electron chi connectivity index (χ0n) is 15.8. The van der Waals surface area contributed by atoms with Gasteiger partial charge in [0.15, 0.2) is 5.82 Å². The van der Waals surface area contributed by atoms with E-state index in [-0.39, 0.29) is 11.9 Å². The van der Waals surface area contributed by atoms with Crippen LogP contribution in [0.5, 0.6) is 0 Å². The highest BCUT2D eigenvalue weighted by molar-refractivity contribution is 5.50. The maximum atomic E-state index is 14.0. The second-order valence-electron chi connectivity index (χ2n) is 6.84. The van der Waals surface area contributed by atoms with E-state index in [9.17, 15) is 4.39 Å². The second kappa shape index (κ2) is 8.21. The molecular formula is C21H23FN6.